The monoisotopic (exact) mass is 440 g/mol. The van der Waals surface area contributed by atoms with Gasteiger partial charge < -0.3 is 4.74 Å². The molecule has 0 radical (unpaired) electrons. The Morgan fingerprint density at radius 1 is 1.00 bits per heavy atom. The van der Waals surface area contributed by atoms with E-state index in [0.29, 0.717) is 5.13 Å². The first-order valence-electron chi connectivity index (χ1n) is 7.58. The standard InChI is InChI=1S/C18H11Cl3N2O3S/c19-12(15(20)21)9-26-17(25)11-6-2-1-5-10(11)16(24)23-18-22-13-7-3-4-8-14(13)27-18/h1-8H,9H2,(H,22,23,24). The maximum Gasteiger partial charge on any atom is 0.339 e. The number of nitrogens with zero attached hydrogens (tertiary/aromatic N) is 1. The number of amides is 1. The van der Waals surface area contributed by atoms with Crippen LogP contribution in [-0.4, -0.2) is 23.5 Å². The normalized spacial score (nSPS) is 10.5. The molecule has 0 saturated heterocycles. The predicted octanol–water partition coefficient (Wildman–Crippen LogP) is 5.59. The average Bonchev–Trinajstić information content (AvgIpc) is 3.07. The summed E-state index contributed by atoms with van der Waals surface area (Å²) < 4.78 is 5.81. The van der Waals surface area contributed by atoms with Crippen molar-refractivity contribution in [1.29, 1.82) is 0 Å². The summed E-state index contributed by atoms with van der Waals surface area (Å²) in [6.07, 6.45) is 0. The topological polar surface area (TPSA) is 68.3 Å². The molecule has 0 aliphatic rings. The highest BCUT2D eigenvalue weighted by Gasteiger charge is 2.19. The molecular weight excluding hydrogens is 431 g/mol. The van der Waals surface area contributed by atoms with Crippen molar-refractivity contribution in [2.75, 3.05) is 11.9 Å². The minimum atomic E-state index is -0.724. The fraction of sp³-hybridized carbons (Fsp3) is 0.0556. The summed E-state index contributed by atoms with van der Waals surface area (Å²) in [5.41, 5.74) is 1.02. The number of para-hydroxylation sites is 1. The highest BCUT2D eigenvalue weighted by molar-refractivity contribution is 7.22. The second kappa shape index (κ2) is 8.71. The van der Waals surface area contributed by atoms with Gasteiger partial charge in [-0.25, -0.2) is 9.78 Å². The summed E-state index contributed by atoms with van der Waals surface area (Å²) in [4.78, 5) is 29.3. The van der Waals surface area contributed by atoms with Crippen LogP contribution in [0.3, 0.4) is 0 Å². The Bertz CT molecular complexity index is 1010. The molecule has 1 aromatic heterocycles. The van der Waals surface area contributed by atoms with E-state index in [1.165, 1.54) is 23.5 Å². The van der Waals surface area contributed by atoms with Crippen LogP contribution in [0.15, 0.2) is 58.1 Å². The molecule has 1 N–H and O–H groups in total. The molecule has 0 atom stereocenters. The molecule has 0 saturated carbocycles. The van der Waals surface area contributed by atoms with Crippen molar-refractivity contribution in [1.82, 2.24) is 4.98 Å². The van der Waals surface area contributed by atoms with E-state index in [9.17, 15) is 9.59 Å². The van der Waals surface area contributed by atoms with Crippen LogP contribution in [-0.2, 0) is 4.74 Å². The molecule has 0 spiro atoms. The van der Waals surface area contributed by atoms with E-state index < -0.39 is 11.9 Å². The summed E-state index contributed by atoms with van der Waals surface area (Å²) in [6, 6.07) is 13.8. The third-order valence-electron chi connectivity index (χ3n) is 3.44. The maximum absolute atomic E-state index is 12.6. The molecule has 0 unspecified atom stereocenters. The molecule has 1 amide bonds. The molecule has 27 heavy (non-hydrogen) atoms. The number of thiazole rings is 1. The number of benzene rings is 2. The zero-order chi connectivity index (χ0) is 19.4. The van der Waals surface area contributed by atoms with Gasteiger partial charge in [0.25, 0.3) is 5.91 Å². The summed E-state index contributed by atoms with van der Waals surface area (Å²) >= 11 is 18.1. The quantitative estimate of drug-likeness (QED) is 0.524. The number of hydrogen-bond acceptors (Lipinski definition) is 5. The van der Waals surface area contributed by atoms with E-state index >= 15 is 0 Å². The lowest BCUT2D eigenvalue weighted by molar-refractivity contribution is 0.0543. The fourth-order valence-corrected chi connectivity index (χ4v) is 3.24. The summed E-state index contributed by atoms with van der Waals surface area (Å²) in [7, 11) is 0. The Morgan fingerprint density at radius 3 is 2.37 bits per heavy atom. The zero-order valence-corrected chi connectivity index (χ0v) is 16.6. The largest absolute Gasteiger partial charge is 0.456 e. The molecule has 0 bridgehead atoms. The summed E-state index contributed by atoms with van der Waals surface area (Å²) in [5.74, 6) is -1.20. The number of anilines is 1. The Kier molecular flexibility index (Phi) is 6.34. The lowest BCUT2D eigenvalue weighted by Crippen LogP contribution is -2.18. The Hall–Kier alpha value is -2.12. The predicted molar refractivity (Wildman–Crippen MR) is 109 cm³/mol. The zero-order valence-electron chi connectivity index (χ0n) is 13.5. The van der Waals surface area contributed by atoms with Crippen molar-refractivity contribution < 1.29 is 14.3 Å². The van der Waals surface area contributed by atoms with Gasteiger partial charge in [-0.2, -0.15) is 0 Å². The molecule has 3 aromatic rings. The van der Waals surface area contributed by atoms with E-state index in [-0.39, 0.29) is 27.3 Å². The molecule has 0 aliphatic heterocycles. The first-order chi connectivity index (χ1) is 13.0. The number of nitrogens with one attached hydrogen (secondary N) is 1. The molecule has 0 aliphatic carbocycles. The van der Waals surface area contributed by atoms with Gasteiger partial charge in [0.15, 0.2) is 5.13 Å². The van der Waals surface area contributed by atoms with Crippen molar-refractivity contribution in [2.45, 2.75) is 0 Å². The lowest BCUT2D eigenvalue weighted by Gasteiger charge is -2.09. The van der Waals surface area contributed by atoms with E-state index in [1.54, 1.807) is 12.1 Å². The number of carbonyl (C=O) groups excluding carboxylic acids is 2. The van der Waals surface area contributed by atoms with Gasteiger partial charge in [-0.3, -0.25) is 10.1 Å². The van der Waals surface area contributed by atoms with Crippen molar-refractivity contribution >= 4 is 73.4 Å². The minimum absolute atomic E-state index is 0.0110. The lowest BCUT2D eigenvalue weighted by atomic mass is 10.1. The second-order valence-corrected chi connectivity index (χ2v) is 7.66. The van der Waals surface area contributed by atoms with Gasteiger partial charge in [-0.1, -0.05) is 70.4 Å². The number of esters is 1. The highest BCUT2D eigenvalue weighted by atomic mass is 35.5. The number of carbonyl (C=O) groups is 2. The number of fused-ring (bicyclic) bond motifs is 1. The maximum atomic E-state index is 12.6. The van der Waals surface area contributed by atoms with E-state index in [0.717, 1.165) is 10.2 Å². The van der Waals surface area contributed by atoms with Crippen molar-refractivity contribution in [3.63, 3.8) is 0 Å². The van der Waals surface area contributed by atoms with Crippen molar-refractivity contribution in [3.8, 4) is 0 Å². The van der Waals surface area contributed by atoms with Gasteiger partial charge >= 0.3 is 5.97 Å². The summed E-state index contributed by atoms with van der Waals surface area (Å²) in [6.45, 7) is -0.295. The van der Waals surface area contributed by atoms with Crippen LogP contribution in [0, 0.1) is 0 Å². The highest BCUT2D eigenvalue weighted by Crippen LogP contribution is 2.26. The van der Waals surface area contributed by atoms with Crippen LogP contribution in [0.2, 0.25) is 0 Å². The molecule has 138 valence electrons. The van der Waals surface area contributed by atoms with Crippen LogP contribution in [0.4, 0.5) is 5.13 Å². The van der Waals surface area contributed by atoms with Crippen LogP contribution in [0.1, 0.15) is 20.7 Å². The molecule has 5 nitrogen and oxygen atoms in total. The smallest absolute Gasteiger partial charge is 0.339 e. The molecule has 9 heteroatoms. The Labute approximate surface area is 173 Å². The first kappa shape index (κ1) is 19.6. The van der Waals surface area contributed by atoms with Gasteiger partial charge in [-0.05, 0) is 24.3 Å². The number of halogens is 3. The van der Waals surface area contributed by atoms with Crippen LogP contribution in [0.25, 0.3) is 10.2 Å². The minimum Gasteiger partial charge on any atom is -0.456 e. The molecule has 1 heterocycles. The van der Waals surface area contributed by atoms with E-state index in [1.807, 2.05) is 24.3 Å². The van der Waals surface area contributed by atoms with Gasteiger partial charge in [0, 0.05) is 0 Å². The third-order valence-corrected chi connectivity index (χ3v) is 5.34. The molecule has 2 aromatic carbocycles. The van der Waals surface area contributed by atoms with Gasteiger partial charge in [0.1, 0.15) is 11.1 Å². The number of ether oxygens (including phenoxy) is 1. The van der Waals surface area contributed by atoms with E-state index in [2.05, 4.69) is 10.3 Å². The van der Waals surface area contributed by atoms with Gasteiger partial charge in [0.2, 0.25) is 0 Å². The first-order valence-corrected chi connectivity index (χ1v) is 9.53. The van der Waals surface area contributed by atoms with Gasteiger partial charge in [-0.15, -0.1) is 0 Å². The van der Waals surface area contributed by atoms with Crippen molar-refractivity contribution in [3.05, 3.63) is 69.2 Å². The van der Waals surface area contributed by atoms with Crippen molar-refractivity contribution in [2.24, 2.45) is 0 Å². The Balaban J connectivity index is 1.79. The Morgan fingerprint density at radius 2 is 1.67 bits per heavy atom. The number of hydrogen-bond donors (Lipinski definition) is 1. The third kappa shape index (κ3) is 4.78. The molecular formula is C18H11Cl3N2O3S. The molecule has 3 rings (SSSR count). The van der Waals surface area contributed by atoms with Gasteiger partial charge in [0.05, 0.1) is 26.4 Å². The molecule has 0 fully saturated rings. The van der Waals surface area contributed by atoms with Crippen LogP contribution < -0.4 is 5.32 Å². The SMILES string of the molecule is O=C(Nc1nc2ccccc2s1)c1ccccc1C(=O)OCC(Cl)=C(Cl)Cl. The number of aromatic nitrogens is 1. The second-order valence-electron chi connectivity index (χ2n) is 5.23. The number of rotatable bonds is 5. The average molecular weight is 442 g/mol. The van der Waals surface area contributed by atoms with Crippen LogP contribution >= 0.6 is 46.1 Å². The van der Waals surface area contributed by atoms with E-state index in [4.69, 9.17) is 39.5 Å². The summed E-state index contributed by atoms with van der Waals surface area (Å²) in [5, 5.41) is 3.13. The fourth-order valence-electron chi connectivity index (χ4n) is 2.21. The van der Waals surface area contributed by atoms with Crippen LogP contribution in [0.5, 0.6) is 0 Å².